The van der Waals surface area contributed by atoms with Crippen LogP contribution >= 0.6 is 11.6 Å². The lowest BCUT2D eigenvalue weighted by atomic mass is 10.1. The van der Waals surface area contributed by atoms with E-state index in [-0.39, 0.29) is 16.9 Å². The van der Waals surface area contributed by atoms with Crippen LogP contribution in [0.5, 0.6) is 0 Å². The zero-order valence-corrected chi connectivity index (χ0v) is 11.1. The fourth-order valence-corrected chi connectivity index (χ4v) is 2.69. The molecule has 1 aromatic heterocycles. The second kappa shape index (κ2) is 5.75. The molecule has 1 aromatic rings. The van der Waals surface area contributed by atoms with E-state index >= 15 is 0 Å². The summed E-state index contributed by atoms with van der Waals surface area (Å²) < 4.78 is 39.0. The highest BCUT2D eigenvalue weighted by Gasteiger charge is 2.21. The summed E-state index contributed by atoms with van der Waals surface area (Å²) in [6.45, 7) is 3.53. The fourth-order valence-electron chi connectivity index (χ4n) is 1.10. The van der Waals surface area contributed by atoms with Gasteiger partial charge in [0.25, 0.3) is 0 Å². The van der Waals surface area contributed by atoms with Crippen molar-refractivity contribution in [3.05, 3.63) is 24.3 Å². The van der Waals surface area contributed by atoms with Crippen molar-refractivity contribution >= 4 is 21.6 Å². The highest BCUT2D eigenvalue weighted by atomic mass is 35.5. The first-order valence-corrected chi connectivity index (χ1v) is 7.07. The van der Waals surface area contributed by atoms with E-state index in [1.807, 2.05) is 6.92 Å². The number of nitrogens with one attached hydrogen (secondary N) is 1. The van der Waals surface area contributed by atoms with Crippen LogP contribution in [0.3, 0.4) is 0 Å². The van der Waals surface area contributed by atoms with Crippen LogP contribution in [0.25, 0.3) is 0 Å². The molecule has 0 saturated carbocycles. The number of hydrogen-bond donors (Lipinski definition) is 1. The summed E-state index contributed by atoms with van der Waals surface area (Å²) in [5.41, 5.74) is 0. The van der Waals surface area contributed by atoms with Gasteiger partial charge in [-0.3, -0.25) is 4.98 Å². The fraction of sp³-hybridized carbons (Fsp3) is 0.500. The first kappa shape index (κ1) is 14.3. The van der Waals surface area contributed by atoms with E-state index in [0.717, 1.165) is 18.5 Å². The van der Waals surface area contributed by atoms with Crippen LogP contribution in [0, 0.1) is 11.7 Å². The Balaban J connectivity index is 2.89. The normalized spacial score (nSPS) is 15.5. The number of aromatic nitrogens is 1. The third kappa shape index (κ3) is 3.90. The molecule has 0 aromatic carbocycles. The van der Waals surface area contributed by atoms with Crippen molar-refractivity contribution in [3.8, 4) is 0 Å². The predicted molar refractivity (Wildman–Crippen MR) is 63.9 cm³/mol. The summed E-state index contributed by atoms with van der Waals surface area (Å²) in [6, 6.07) is 0.591. The number of hydrogen-bond acceptors (Lipinski definition) is 3. The second-order valence-electron chi connectivity index (χ2n) is 3.88. The molecular weight excluding hydrogens is 267 g/mol. The molecule has 0 fully saturated rings. The number of pyridine rings is 1. The number of rotatable bonds is 5. The topological polar surface area (TPSA) is 59.1 Å². The molecule has 2 atom stereocenters. The third-order valence-corrected chi connectivity index (χ3v) is 4.44. The Kier molecular flexibility index (Phi) is 4.85. The molecule has 1 N–H and O–H groups in total. The van der Waals surface area contributed by atoms with E-state index in [9.17, 15) is 12.8 Å². The van der Waals surface area contributed by atoms with Crippen molar-refractivity contribution in [1.82, 2.24) is 9.71 Å². The molecule has 0 aliphatic rings. The Labute approximate surface area is 105 Å². The smallest absolute Gasteiger partial charge is 0.242 e. The minimum atomic E-state index is -3.75. The van der Waals surface area contributed by atoms with Crippen LogP contribution in [0.4, 0.5) is 4.39 Å². The molecule has 0 radical (unpaired) electrons. The van der Waals surface area contributed by atoms with Crippen molar-refractivity contribution in [3.63, 3.8) is 0 Å². The zero-order chi connectivity index (χ0) is 13.1. The maximum Gasteiger partial charge on any atom is 0.242 e. The molecule has 7 heteroatoms. The van der Waals surface area contributed by atoms with E-state index in [4.69, 9.17) is 11.6 Å². The van der Waals surface area contributed by atoms with Crippen LogP contribution in [0.2, 0.25) is 0 Å². The molecule has 17 heavy (non-hydrogen) atoms. The van der Waals surface area contributed by atoms with Gasteiger partial charge in [0.1, 0.15) is 10.7 Å². The predicted octanol–water partition coefficient (Wildman–Crippen LogP) is 1.76. The minimum Gasteiger partial charge on any atom is -0.260 e. The molecular formula is C10H14ClFN2O2S. The molecule has 96 valence electrons. The van der Waals surface area contributed by atoms with Gasteiger partial charge in [0.05, 0.1) is 6.20 Å². The summed E-state index contributed by atoms with van der Waals surface area (Å²) in [6.07, 6.45) is 2.05. The third-order valence-electron chi connectivity index (χ3n) is 2.43. The van der Waals surface area contributed by atoms with E-state index in [1.165, 1.54) is 0 Å². The van der Waals surface area contributed by atoms with Crippen LogP contribution < -0.4 is 4.72 Å². The molecule has 0 bridgehead atoms. The Hall–Kier alpha value is -0.720. The van der Waals surface area contributed by atoms with Gasteiger partial charge in [0.15, 0.2) is 0 Å². The van der Waals surface area contributed by atoms with Gasteiger partial charge in [0.2, 0.25) is 10.0 Å². The molecule has 0 amide bonds. The average Bonchev–Trinajstić information content (AvgIpc) is 2.27. The van der Waals surface area contributed by atoms with Gasteiger partial charge in [-0.1, -0.05) is 6.92 Å². The monoisotopic (exact) mass is 280 g/mol. The van der Waals surface area contributed by atoms with Crippen molar-refractivity contribution in [2.45, 2.75) is 24.8 Å². The van der Waals surface area contributed by atoms with Crippen LogP contribution in [-0.2, 0) is 10.0 Å². The van der Waals surface area contributed by atoms with Gasteiger partial charge >= 0.3 is 0 Å². The molecule has 1 rings (SSSR count). The maximum atomic E-state index is 12.9. The lowest BCUT2D eigenvalue weighted by molar-refractivity contribution is 0.480. The van der Waals surface area contributed by atoms with Crippen molar-refractivity contribution in [2.75, 3.05) is 5.88 Å². The highest BCUT2D eigenvalue weighted by Crippen LogP contribution is 2.12. The van der Waals surface area contributed by atoms with Crippen molar-refractivity contribution in [1.29, 1.82) is 0 Å². The Morgan fingerprint density at radius 3 is 2.65 bits per heavy atom. The standard InChI is InChI=1S/C10H14ClFN2O2S/c1-7(4-11)8(2)14-17(15,16)10-3-9(12)5-13-6-10/h3,5-8,14H,4H2,1-2H3. The quantitative estimate of drug-likeness (QED) is 0.836. The second-order valence-corrected chi connectivity index (χ2v) is 5.90. The molecule has 0 aliphatic carbocycles. The number of sulfonamides is 1. The molecule has 0 saturated heterocycles. The largest absolute Gasteiger partial charge is 0.260 e. The molecule has 4 nitrogen and oxygen atoms in total. The van der Waals surface area contributed by atoms with Gasteiger partial charge < -0.3 is 0 Å². The summed E-state index contributed by atoms with van der Waals surface area (Å²) >= 11 is 5.64. The summed E-state index contributed by atoms with van der Waals surface area (Å²) in [4.78, 5) is 3.31. The van der Waals surface area contributed by atoms with Crippen molar-refractivity contribution < 1.29 is 12.8 Å². The first-order chi connectivity index (χ1) is 7.86. The SMILES string of the molecule is CC(CCl)C(C)NS(=O)(=O)c1cncc(F)c1. The Bertz CT molecular complexity index is 481. The minimum absolute atomic E-state index is 0.0204. The van der Waals surface area contributed by atoms with Gasteiger partial charge in [-0.05, 0) is 18.9 Å². The van der Waals surface area contributed by atoms with Gasteiger partial charge in [-0.15, -0.1) is 11.6 Å². The number of halogens is 2. The lowest BCUT2D eigenvalue weighted by Crippen LogP contribution is -2.37. The van der Waals surface area contributed by atoms with Crippen LogP contribution in [0.15, 0.2) is 23.4 Å². The van der Waals surface area contributed by atoms with E-state index in [1.54, 1.807) is 6.92 Å². The molecule has 1 heterocycles. The maximum absolute atomic E-state index is 12.9. The van der Waals surface area contributed by atoms with Gasteiger partial charge in [0, 0.05) is 18.1 Å². The van der Waals surface area contributed by atoms with Gasteiger partial charge in [-0.25, -0.2) is 17.5 Å². The van der Waals surface area contributed by atoms with Gasteiger partial charge in [-0.2, -0.15) is 0 Å². The van der Waals surface area contributed by atoms with Crippen LogP contribution in [0.1, 0.15) is 13.8 Å². The van der Waals surface area contributed by atoms with E-state index < -0.39 is 15.8 Å². The van der Waals surface area contributed by atoms with E-state index in [2.05, 4.69) is 9.71 Å². The molecule has 0 aliphatic heterocycles. The van der Waals surface area contributed by atoms with E-state index in [0.29, 0.717) is 5.88 Å². The Morgan fingerprint density at radius 1 is 1.47 bits per heavy atom. The van der Waals surface area contributed by atoms with Crippen LogP contribution in [-0.4, -0.2) is 25.3 Å². The number of nitrogens with zero attached hydrogens (tertiary/aromatic N) is 1. The zero-order valence-electron chi connectivity index (χ0n) is 9.52. The Morgan fingerprint density at radius 2 is 2.12 bits per heavy atom. The molecule has 2 unspecified atom stereocenters. The summed E-state index contributed by atoms with van der Waals surface area (Å²) in [5, 5.41) is 0. The highest BCUT2D eigenvalue weighted by molar-refractivity contribution is 7.89. The van der Waals surface area contributed by atoms with Crippen molar-refractivity contribution in [2.24, 2.45) is 5.92 Å². The summed E-state index contributed by atoms with van der Waals surface area (Å²) in [5.74, 6) is -0.371. The summed E-state index contributed by atoms with van der Waals surface area (Å²) in [7, 11) is -3.75. The molecule has 0 spiro atoms. The lowest BCUT2D eigenvalue weighted by Gasteiger charge is -2.18. The first-order valence-electron chi connectivity index (χ1n) is 5.05. The number of alkyl halides is 1. The average molecular weight is 281 g/mol.